The molecule has 2 rings (SSSR count). The number of aromatic amines is 1. The average molecular weight is 191 g/mol. The smallest absolute Gasteiger partial charge is 0.154 e. The summed E-state index contributed by atoms with van der Waals surface area (Å²) < 4.78 is 5.29. The molecule has 0 aromatic carbocycles. The molecule has 0 aliphatic heterocycles. The second-order valence-corrected chi connectivity index (χ2v) is 3.16. The Kier molecular flexibility index (Phi) is 2.37. The van der Waals surface area contributed by atoms with Gasteiger partial charge in [0.1, 0.15) is 11.5 Å². The molecule has 0 fully saturated rings. The predicted octanol–water partition coefficient (Wildman–Crippen LogP) is 1.70. The number of aryl methyl sites for hydroxylation is 1. The van der Waals surface area contributed by atoms with Gasteiger partial charge in [0.25, 0.3) is 0 Å². The fourth-order valence-electron chi connectivity index (χ4n) is 1.43. The van der Waals surface area contributed by atoms with Crippen molar-refractivity contribution in [3.63, 3.8) is 0 Å². The molecular weight excluding hydrogens is 178 g/mol. The van der Waals surface area contributed by atoms with E-state index in [2.05, 4.69) is 15.3 Å². The van der Waals surface area contributed by atoms with E-state index in [4.69, 9.17) is 4.42 Å². The molecule has 4 nitrogen and oxygen atoms in total. The van der Waals surface area contributed by atoms with E-state index < -0.39 is 0 Å². The van der Waals surface area contributed by atoms with E-state index in [1.165, 1.54) is 0 Å². The highest BCUT2D eigenvalue weighted by Gasteiger charge is 2.09. The molecule has 0 saturated carbocycles. The Morgan fingerprint density at radius 1 is 1.57 bits per heavy atom. The lowest BCUT2D eigenvalue weighted by atomic mass is 10.3. The van der Waals surface area contributed by atoms with Crippen LogP contribution in [0.3, 0.4) is 0 Å². The van der Waals surface area contributed by atoms with Crippen LogP contribution in [0.5, 0.6) is 0 Å². The molecule has 0 aliphatic rings. The summed E-state index contributed by atoms with van der Waals surface area (Å²) in [6, 6.07) is 3.77. The van der Waals surface area contributed by atoms with Crippen LogP contribution < -0.4 is 5.32 Å². The van der Waals surface area contributed by atoms with Crippen LogP contribution in [0.2, 0.25) is 0 Å². The van der Waals surface area contributed by atoms with Crippen LogP contribution >= 0.6 is 0 Å². The lowest BCUT2D eigenvalue weighted by molar-refractivity contribution is 0.579. The number of nitrogens with one attached hydrogen (secondary N) is 2. The summed E-state index contributed by atoms with van der Waals surface area (Å²) in [5, 5.41) is 3.05. The SMILES string of the molecule is CNCc1nc(-c2ccco2)c(C)[nH]1. The van der Waals surface area contributed by atoms with Gasteiger partial charge in [-0.15, -0.1) is 0 Å². The van der Waals surface area contributed by atoms with Crippen LogP contribution in [-0.2, 0) is 6.54 Å². The van der Waals surface area contributed by atoms with Crippen molar-refractivity contribution in [3.05, 3.63) is 29.9 Å². The van der Waals surface area contributed by atoms with Crippen molar-refractivity contribution >= 4 is 0 Å². The van der Waals surface area contributed by atoms with Crippen molar-refractivity contribution in [2.24, 2.45) is 0 Å². The van der Waals surface area contributed by atoms with E-state index in [-0.39, 0.29) is 0 Å². The number of hydrogen-bond acceptors (Lipinski definition) is 3. The van der Waals surface area contributed by atoms with E-state index in [1.54, 1.807) is 6.26 Å². The molecule has 2 aromatic rings. The third-order valence-corrected chi connectivity index (χ3v) is 2.03. The topological polar surface area (TPSA) is 53.9 Å². The number of furan rings is 1. The minimum Gasteiger partial charge on any atom is -0.463 e. The zero-order valence-corrected chi connectivity index (χ0v) is 8.29. The number of imidazole rings is 1. The Labute approximate surface area is 82.4 Å². The lowest BCUT2D eigenvalue weighted by Gasteiger charge is -1.91. The van der Waals surface area contributed by atoms with E-state index in [1.807, 2.05) is 26.1 Å². The second kappa shape index (κ2) is 3.67. The summed E-state index contributed by atoms with van der Waals surface area (Å²) in [7, 11) is 1.89. The Hall–Kier alpha value is -1.55. The average Bonchev–Trinajstić information content (AvgIpc) is 2.74. The standard InChI is InChI=1S/C10H13N3O/c1-7-10(8-4-3-5-14-8)13-9(12-7)6-11-2/h3-5,11H,6H2,1-2H3,(H,12,13). The highest BCUT2D eigenvalue weighted by Crippen LogP contribution is 2.21. The third kappa shape index (κ3) is 1.56. The molecule has 2 N–H and O–H groups in total. The van der Waals surface area contributed by atoms with Crippen LogP contribution in [0.4, 0.5) is 0 Å². The van der Waals surface area contributed by atoms with Crippen molar-refractivity contribution in [2.45, 2.75) is 13.5 Å². The molecular formula is C10H13N3O. The Bertz CT molecular complexity index is 403. The summed E-state index contributed by atoms with van der Waals surface area (Å²) in [6.45, 7) is 2.73. The number of rotatable bonds is 3. The zero-order valence-electron chi connectivity index (χ0n) is 8.29. The largest absolute Gasteiger partial charge is 0.463 e. The van der Waals surface area contributed by atoms with Crippen molar-refractivity contribution in [3.8, 4) is 11.5 Å². The Morgan fingerprint density at radius 2 is 2.43 bits per heavy atom. The maximum atomic E-state index is 5.29. The first-order chi connectivity index (χ1) is 6.81. The normalized spacial score (nSPS) is 10.7. The fraction of sp³-hybridized carbons (Fsp3) is 0.300. The van der Waals surface area contributed by atoms with Gasteiger partial charge in [-0.3, -0.25) is 0 Å². The highest BCUT2D eigenvalue weighted by atomic mass is 16.3. The number of H-pyrrole nitrogens is 1. The van der Waals surface area contributed by atoms with E-state index in [0.29, 0.717) is 0 Å². The summed E-state index contributed by atoms with van der Waals surface area (Å²) in [4.78, 5) is 7.63. The third-order valence-electron chi connectivity index (χ3n) is 2.03. The van der Waals surface area contributed by atoms with Crippen LogP contribution in [0.25, 0.3) is 11.5 Å². The maximum absolute atomic E-state index is 5.29. The van der Waals surface area contributed by atoms with Crippen molar-refractivity contribution < 1.29 is 4.42 Å². The molecule has 0 aliphatic carbocycles. The second-order valence-electron chi connectivity index (χ2n) is 3.16. The van der Waals surface area contributed by atoms with Gasteiger partial charge in [0.2, 0.25) is 0 Å². The van der Waals surface area contributed by atoms with Gasteiger partial charge in [-0.25, -0.2) is 4.98 Å². The zero-order chi connectivity index (χ0) is 9.97. The molecule has 0 bridgehead atoms. The van der Waals surface area contributed by atoms with Gasteiger partial charge in [0.15, 0.2) is 5.76 Å². The number of nitrogens with zero attached hydrogens (tertiary/aromatic N) is 1. The predicted molar refractivity (Wildman–Crippen MR) is 53.8 cm³/mol. The molecule has 0 amide bonds. The highest BCUT2D eigenvalue weighted by molar-refractivity contribution is 5.55. The van der Waals surface area contributed by atoms with Gasteiger partial charge in [0, 0.05) is 5.69 Å². The number of aromatic nitrogens is 2. The number of hydrogen-bond donors (Lipinski definition) is 2. The van der Waals surface area contributed by atoms with Crippen molar-refractivity contribution in [1.82, 2.24) is 15.3 Å². The van der Waals surface area contributed by atoms with Crippen molar-refractivity contribution in [1.29, 1.82) is 0 Å². The van der Waals surface area contributed by atoms with Gasteiger partial charge in [0.05, 0.1) is 12.8 Å². The Balaban J connectivity index is 2.35. The summed E-state index contributed by atoms with van der Waals surface area (Å²) in [5.41, 5.74) is 1.92. The maximum Gasteiger partial charge on any atom is 0.154 e. The first-order valence-electron chi connectivity index (χ1n) is 4.55. The quantitative estimate of drug-likeness (QED) is 0.776. The van der Waals surface area contributed by atoms with Crippen LogP contribution in [0, 0.1) is 6.92 Å². The molecule has 0 spiro atoms. The van der Waals surface area contributed by atoms with Gasteiger partial charge < -0.3 is 14.7 Å². The first kappa shape index (κ1) is 9.02. The van der Waals surface area contributed by atoms with E-state index in [9.17, 15) is 0 Å². The van der Waals surface area contributed by atoms with Crippen LogP contribution in [0.1, 0.15) is 11.5 Å². The minimum atomic E-state index is 0.738. The summed E-state index contributed by atoms with van der Waals surface area (Å²) >= 11 is 0. The van der Waals surface area contributed by atoms with Crippen LogP contribution in [-0.4, -0.2) is 17.0 Å². The molecule has 14 heavy (non-hydrogen) atoms. The van der Waals surface area contributed by atoms with Gasteiger partial charge in [-0.1, -0.05) is 0 Å². The minimum absolute atomic E-state index is 0.738. The van der Waals surface area contributed by atoms with Gasteiger partial charge in [-0.05, 0) is 26.1 Å². The molecule has 2 heterocycles. The van der Waals surface area contributed by atoms with E-state index >= 15 is 0 Å². The monoisotopic (exact) mass is 191 g/mol. The molecule has 0 radical (unpaired) electrons. The fourth-order valence-corrected chi connectivity index (χ4v) is 1.43. The Morgan fingerprint density at radius 3 is 3.07 bits per heavy atom. The molecule has 2 aromatic heterocycles. The molecule has 74 valence electrons. The molecule has 0 atom stereocenters. The lowest BCUT2D eigenvalue weighted by Crippen LogP contribution is -2.06. The molecule has 0 saturated heterocycles. The van der Waals surface area contributed by atoms with Crippen molar-refractivity contribution in [2.75, 3.05) is 7.05 Å². The van der Waals surface area contributed by atoms with E-state index in [0.717, 1.165) is 29.5 Å². The summed E-state index contributed by atoms with van der Waals surface area (Å²) in [6.07, 6.45) is 1.65. The van der Waals surface area contributed by atoms with Crippen LogP contribution in [0.15, 0.2) is 22.8 Å². The van der Waals surface area contributed by atoms with Gasteiger partial charge >= 0.3 is 0 Å². The van der Waals surface area contributed by atoms with Gasteiger partial charge in [-0.2, -0.15) is 0 Å². The molecule has 4 heteroatoms. The summed E-state index contributed by atoms with van der Waals surface area (Å²) in [5.74, 6) is 1.73. The first-order valence-corrected chi connectivity index (χ1v) is 4.55. The molecule has 0 unspecified atom stereocenters.